The molecule has 1 unspecified atom stereocenters. The monoisotopic (exact) mass is 410 g/mol. The van der Waals surface area contributed by atoms with Crippen LogP contribution in [0.2, 0.25) is 0 Å². The van der Waals surface area contributed by atoms with Crippen LogP contribution in [0.4, 0.5) is 0 Å². The number of amides is 1. The van der Waals surface area contributed by atoms with E-state index in [0.717, 1.165) is 12.0 Å². The third-order valence-electron chi connectivity index (χ3n) is 5.58. The third kappa shape index (κ3) is 3.97. The molecule has 4 rings (SSSR count). The number of H-pyrrole nitrogens is 1. The molecule has 2 heterocycles. The van der Waals surface area contributed by atoms with Crippen molar-refractivity contribution in [3.05, 3.63) is 57.0 Å². The first kappa shape index (κ1) is 20.2. The van der Waals surface area contributed by atoms with Crippen molar-refractivity contribution < 1.29 is 19.1 Å². The van der Waals surface area contributed by atoms with Gasteiger partial charge in [0.1, 0.15) is 5.56 Å². The van der Waals surface area contributed by atoms with E-state index >= 15 is 0 Å². The van der Waals surface area contributed by atoms with Crippen molar-refractivity contribution in [3.8, 4) is 11.5 Å². The number of aromatic nitrogens is 1. The average molecular weight is 410 g/mol. The van der Waals surface area contributed by atoms with E-state index in [0.29, 0.717) is 48.8 Å². The Morgan fingerprint density at radius 1 is 1.10 bits per heavy atom. The lowest BCUT2D eigenvalue weighted by Crippen LogP contribution is -2.35. The summed E-state index contributed by atoms with van der Waals surface area (Å²) < 4.78 is 11.3. The smallest absolute Gasteiger partial charge is 0.261 e. The Morgan fingerprint density at radius 3 is 2.60 bits per heavy atom. The number of benzene rings is 1. The maximum atomic E-state index is 12.8. The van der Waals surface area contributed by atoms with Gasteiger partial charge in [-0.3, -0.25) is 14.4 Å². The highest BCUT2D eigenvalue weighted by atomic mass is 16.5. The van der Waals surface area contributed by atoms with Gasteiger partial charge in [-0.2, -0.15) is 0 Å². The number of hydrogen-bond acceptors (Lipinski definition) is 5. The van der Waals surface area contributed by atoms with Crippen molar-refractivity contribution in [1.29, 1.82) is 0 Å². The molecule has 1 aromatic heterocycles. The van der Waals surface area contributed by atoms with Crippen LogP contribution < -0.4 is 20.3 Å². The molecule has 0 fully saturated rings. The SMILES string of the molecule is CC(NC(=O)c1cc2c([nH]c1=O)CC(C)(C)CC2=O)c1ccc2c(c1)OCCCO2. The standard InChI is InChI=1S/C23H26N2O5/c1-13(14-5-6-19-20(9-14)30-8-4-7-29-19)24-21(27)16-10-15-17(25-22(16)28)11-23(2,3)12-18(15)26/h5-6,9-10,13H,4,7-8,11-12H2,1-3H3,(H,24,27)(H,25,28). The topological polar surface area (TPSA) is 97.5 Å². The quantitative estimate of drug-likeness (QED) is 0.810. The molecule has 0 radical (unpaired) electrons. The fourth-order valence-corrected chi connectivity index (χ4v) is 4.00. The normalized spacial score (nSPS) is 18.2. The largest absolute Gasteiger partial charge is 0.490 e. The Morgan fingerprint density at radius 2 is 1.83 bits per heavy atom. The van der Waals surface area contributed by atoms with Crippen molar-refractivity contribution in [2.24, 2.45) is 5.41 Å². The maximum Gasteiger partial charge on any atom is 0.261 e. The molecule has 1 aliphatic heterocycles. The van der Waals surface area contributed by atoms with Crippen molar-refractivity contribution >= 4 is 11.7 Å². The van der Waals surface area contributed by atoms with Crippen LogP contribution in [0.15, 0.2) is 29.1 Å². The number of hydrogen-bond donors (Lipinski definition) is 2. The van der Waals surface area contributed by atoms with Crippen LogP contribution in [0.25, 0.3) is 0 Å². The molecule has 0 bridgehead atoms. The molecule has 2 aromatic rings. The first-order chi connectivity index (χ1) is 14.2. The molecule has 0 saturated carbocycles. The van der Waals surface area contributed by atoms with E-state index in [9.17, 15) is 14.4 Å². The summed E-state index contributed by atoms with van der Waals surface area (Å²) in [5.74, 6) is 0.757. The highest BCUT2D eigenvalue weighted by Crippen LogP contribution is 2.34. The van der Waals surface area contributed by atoms with Gasteiger partial charge in [0.15, 0.2) is 17.3 Å². The van der Waals surface area contributed by atoms with Gasteiger partial charge in [0.2, 0.25) is 0 Å². The van der Waals surface area contributed by atoms with Crippen molar-refractivity contribution in [3.63, 3.8) is 0 Å². The second-order valence-electron chi connectivity index (χ2n) is 8.80. The van der Waals surface area contributed by atoms with E-state index in [2.05, 4.69) is 10.3 Å². The van der Waals surface area contributed by atoms with E-state index in [4.69, 9.17) is 9.47 Å². The van der Waals surface area contributed by atoms with Crippen molar-refractivity contribution in [1.82, 2.24) is 10.3 Å². The Labute approximate surface area is 174 Å². The number of ether oxygens (including phenoxy) is 2. The van der Waals surface area contributed by atoms with Crippen LogP contribution >= 0.6 is 0 Å². The van der Waals surface area contributed by atoms with Crippen LogP contribution in [0.1, 0.15) is 71.6 Å². The summed E-state index contributed by atoms with van der Waals surface area (Å²) in [6.07, 6.45) is 1.80. The van der Waals surface area contributed by atoms with Crippen LogP contribution in [-0.4, -0.2) is 29.9 Å². The fourth-order valence-electron chi connectivity index (χ4n) is 4.00. The molecular weight excluding hydrogens is 384 g/mol. The zero-order valence-corrected chi connectivity index (χ0v) is 17.5. The van der Waals surface area contributed by atoms with Crippen LogP contribution in [-0.2, 0) is 6.42 Å². The molecule has 1 amide bonds. The first-order valence-electron chi connectivity index (χ1n) is 10.2. The summed E-state index contributed by atoms with van der Waals surface area (Å²) in [5, 5.41) is 2.85. The number of rotatable bonds is 3. The molecule has 7 heteroatoms. The Bertz CT molecular complexity index is 1070. The van der Waals surface area contributed by atoms with Crippen molar-refractivity contribution in [2.75, 3.05) is 13.2 Å². The van der Waals surface area contributed by atoms with Crippen LogP contribution in [0.3, 0.4) is 0 Å². The summed E-state index contributed by atoms with van der Waals surface area (Å²) in [6.45, 7) is 6.99. The van der Waals surface area contributed by atoms with Gasteiger partial charge < -0.3 is 19.8 Å². The number of carbonyl (C=O) groups is 2. The molecule has 2 aliphatic rings. The highest BCUT2D eigenvalue weighted by molar-refractivity contribution is 6.02. The Hall–Kier alpha value is -3.09. The number of pyridine rings is 1. The second-order valence-corrected chi connectivity index (χ2v) is 8.80. The molecule has 1 atom stereocenters. The minimum Gasteiger partial charge on any atom is -0.490 e. The molecular formula is C23H26N2O5. The second kappa shape index (κ2) is 7.63. The molecule has 1 aliphatic carbocycles. The van der Waals surface area contributed by atoms with Crippen LogP contribution in [0, 0.1) is 5.41 Å². The summed E-state index contributed by atoms with van der Waals surface area (Å²) in [7, 11) is 0. The number of fused-ring (bicyclic) bond motifs is 2. The number of aromatic amines is 1. The molecule has 2 N–H and O–H groups in total. The minimum absolute atomic E-state index is 0.0528. The van der Waals surface area contributed by atoms with Gasteiger partial charge >= 0.3 is 0 Å². The lowest BCUT2D eigenvalue weighted by molar-refractivity contribution is 0.0910. The lowest BCUT2D eigenvalue weighted by atomic mass is 9.75. The Kier molecular flexibility index (Phi) is 5.13. The average Bonchev–Trinajstić information content (AvgIpc) is 2.91. The number of ketones is 1. The predicted octanol–water partition coefficient (Wildman–Crippen LogP) is 3.18. The lowest BCUT2D eigenvalue weighted by Gasteiger charge is -2.29. The summed E-state index contributed by atoms with van der Waals surface area (Å²) in [4.78, 5) is 40.6. The molecule has 0 saturated heterocycles. The minimum atomic E-state index is -0.517. The number of carbonyl (C=O) groups excluding carboxylic acids is 2. The molecule has 158 valence electrons. The zero-order chi connectivity index (χ0) is 21.5. The van der Waals surface area contributed by atoms with E-state index < -0.39 is 11.5 Å². The fraction of sp³-hybridized carbons (Fsp3) is 0.435. The van der Waals surface area contributed by atoms with E-state index in [1.54, 1.807) is 0 Å². The number of Topliss-reactive ketones (excluding diaryl/α,β-unsaturated/α-hetero) is 1. The van der Waals surface area contributed by atoms with E-state index in [1.165, 1.54) is 6.07 Å². The maximum absolute atomic E-state index is 12.8. The molecule has 30 heavy (non-hydrogen) atoms. The van der Waals surface area contributed by atoms with Gasteiger partial charge in [0.25, 0.3) is 11.5 Å². The van der Waals surface area contributed by atoms with Gasteiger partial charge in [-0.1, -0.05) is 19.9 Å². The Balaban J connectivity index is 1.56. The summed E-state index contributed by atoms with van der Waals surface area (Å²) >= 11 is 0. The summed E-state index contributed by atoms with van der Waals surface area (Å²) in [5.41, 5.74) is 1.13. The van der Waals surface area contributed by atoms with Gasteiger partial charge in [-0.25, -0.2) is 0 Å². The molecule has 7 nitrogen and oxygen atoms in total. The third-order valence-corrected chi connectivity index (χ3v) is 5.58. The van der Waals surface area contributed by atoms with Gasteiger partial charge in [0, 0.05) is 24.1 Å². The summed E-state index contributed by atoms with van der Waals surface area (Å²) in [6, 6.07) is 6.60. The van der Waals surface area contributed by atoms with E-state index in [-0.39, 0.29) is 22.8 Å². The highest BCUT2D eigenvalue weighted by Gasteiger charge is 2.32. The van der Waals surface area contributed by atoms with Gasteiger partial charge in [-0.05, 0) is 42.5 Å². The van der Waals surface area contributed by atoms with Gasteiger partial charge in [-0.15, -0.1) is 0 Å². The molecule has 0 spiro atoms. The molecule has 1 aromatic carbocycles. The first-order valence-corrected chi connectivity index (χ1v) is 10.2. The predicted molar refractivity (Wildman–Crippen MR) is 111 cm³/mol. The van der Waals surface area contributed by atoms with E-state index in [1.807, 2.05) is 39.0 Å². The van der Waals surface area contributed by atoms with Crippen LogP contribution in [0.5, 0.6) is 11.5 Å². The zero-order valence-electron chi connectivity index (χ0n) is 17.5. The number of nitrogens with one attached hydrogen (secondary N) is 2. The van der Waals surface area contributed by atoms with Crippen molar-refractivity contribution in [2.45, 2.75) is 46.1 Å². The van der Waals surface area contributed by atoms with Gasteiger partial charge in [0.05, 0.1) is 19.3 Å².